The van der Waals surface area contributed by atoms with Crippen molar-refractivity contribution in [1.82, 2.24) is 16.0 Å². The van der Waals surface area contributed by atoms with Crippen molar-refractivity contribution in [2.24, 2.45) is 4.99 Å². The summed E-state index contributed by atoms with van der Waals surface area (Å²) in [7, 11) is 1.75. The number of hydrogen-bond donors (Lipinski definition) is 3. The zero-order chi connectivity index (χ0) is 18.1. The first-order valence-corrected chi connectivity index (χ1v) is 9.73. The van der Waals surface area contributed by atoms with E-state index in [0.717, 1.165) is 29.9 Å². The number of hydrogen-bond acceptors (Lipinski definition) is 3. The van der Waals surface area contributed by atoms with E-state index in [0.29, 0.717) is 12.1 Å². The third-order valence-corrected chi connectivity index (χ3v) is 4.96. The van der Waals surface area contributed by atoms with Crippen LogP contribution in [0.3, 0.4) is 0 Å². The summed E-state index contributed by atoms with van der Waals surface area (Å²) >= 11 is 5.15. The van der Waals surface area contributed by atoms with Crippen LogP contribution in [0, 0.1) is 6.92 Å². The Labute approximate surface area is 161 Å². The van der Waals surface area contributed by atoms with Crippen molar-refractivity contribution in [2.45, 2.75) is 19.9 Å². The molecular formula is C18H23BrN4OS. The molecule has 1 heterocycles. The Morgan fingerprint density at radius 2 is 1.96 bits per heavy atom. The molecule has 0 fully saturated rings. The Morgan fingerprint density at radius 3 is 2.64 bits per heavy atom. The van der Waals surface area contributed by atoms with Crippen LogP contribution in [0.15, 0.2) is 45.9 Å². The van der Waals surface area contributed by atoms with Crippen molar-refractivity contribution in [1.29, 1.82) is 0 Å². The van der Waals surface area contributed by atoms with E-state index in [4.69, 9.17) is 0 Å². The van der Waals surface area contributed by atoms with Crippen LogP contribution in [0.25, 0.3) is 0 Å². The predicted molar refractivity (Wildman–Crippen MR) is 108 cm³/mol. The molecule has 0 saturated heterocycles. The number of halogens is 1. The highest BCUT2D eigenvalue weighted by Gasteiger charge is 2.05. The molecular weight excluding hydrogens is 400 g/mol. The van der Waals surface area contributed by atoms with E-state index in [1.165, 1.54) is 9.75 Å². The van der Waals surface area contributed by atoms with Gasteiger partial charge in [0.25, 0.3) is 5.91 Å². The summed E-state index contributed by atoms with van der Waals surface area (Å²) in [6.45, 7) is 4.21. The predicted octanol–water partition coefficient (Wildman–Crippen LogP) is 3.30. The second-order valence-corrected chi connectivity index (χ2v) is 7.77. The van der Waals surface area contributed by atoms with Crippen LogP contribution in [0.1, 0.15) is 26.5 Å². The molecule has 5 nitrogen and oxygen atoms in total. The molecule has 0 aliphatic rings. The van der Waals surface area contributed by atoms with Crippen LogP contribution < -0.4 is 16.0 Å². The highest BCUT2D eigenvalue weighted by molar-refractivity contribution is 9.10. The fourth-order valence-electron chi connectivity index (χ4n) is 2.20. The zero-order valence-electron chi connectivity index (χ0n) is 14.4. The molecule has 2 rings (SSSR count). The van der Waals surface area contributed by atoms with Crippen molar-refractivity contribution in [3.05, 3.63) is 56.2 Å². The Kier molecular flexibility index (Phi) is 7.94. The fourth-order valence-corrected chi connectivity index (χ4v) is 3.43. The first-order chi connectivity index (χ1) is 12.1. The summed E-state index contributed by atoms with van der Waals surface area (Å²) in [6.07, 6.45) is 0.818. The molecule has 7 heteroatoms. The van der Waals surface area contributed by atoms with Gasteiger partial charge in [0.15, 0.2) is 5.96 Å². The van der Waals surface area contributed by atoms with Gasteiger partial charge in [-0.3, -0.25) is 9.79 Å². The standard InChI is InChI=1S/C18H23BrN4OS/c1-13-7-8-16(25-13)12-23-18(20-2)22-10-4-9-21-17(24)14-5-3-6-15(19)11-14/h3,5-8,11H,4,9-10,12H2,1-2H3,(H,21,24)(H2,20,22,23). The lowest BCUT2D eigenvalue weighted by Crippen LogP contribution is -2.38. The molecule has 134 valence electrons. The topological polar surface area (TPSA) is 65.5 Å². The van der Waals surface area contributed by atoms with E-state index in [1.807, 2.05) is 18.2 Å². The largest absolute Gasteiger partial charge is 0.356 e. The second kappa shape index (κ2) is 10.2. The van der Waals surface area contributed by atoms with Gasteiger partial charge < -0.3 is 16.0 Å². The number of benzene rings is 1. The minimum Gasteiger partial charge on any atom is -0.356 e. The number of nitrogens with one attached hydrogen (secondary N) is 3. The van der Waals surface area contributed by atoms with Crippen molar-refractivity contribution >= 4 is 39.1 Å². The summed E-state index contributed by atoms with van der Waals surface area (Å²) in [6, 6.07) is 11.6. The quantitative estimate of drug-likeness (QED) is 0.364. The number of aryl methyl sites for hydroxylation is 1. The van der Waals surface area contributed by atoms with Crippen molar-refractivity contribution in [3.63, 3.8) is 0 Å². The van der Waals surface area contributed by atoms with E-state index >= 15 is 0 Å². The van der Waals surface area contributed by atoms with Crippen molar-refractivity contribution < 1.29 is 4.79 Å². The summed E-state index contributed by atoms with van der Waals surface area (Å²) in [5, 5.41) is 9.46. The number of aliphatic imine (C=N–C) groups is 1. The zero-order valence-corrected chi connectivity index (χ0v) is 16.8. The molecule has 0 spiro atoms. The van der Waals surface area contributed by atoms with Gasteiger partial charge >= 0.3 is 0 Å². The molecule has 1 amide bonds. The maximum absolute atomic E-state index is 12.0. The van der Waals surface area contributed by atoms with E-state index in [9.17, 15) is 4.79 Å². The highest BCUT2D eigenvalue weighted by Crippen LogP contribution is 2.14. The van der Waals surface area contributed by atoms with Gasteiger partial charge in [0.05, 0.1) is 6.54 Å². The van der Waals surface area contributed by atoms with Crippen LogP contribution in [-0.4, -0.2) is 32.0 Å². The van der Waals surface area contributed by atoms with Crippen molar-refractivity contribution in [2.75, 3.05) is 20.1 Å². The molecule has 0 saturated carbocycles. The lowest BCUT2D eigenvalue weighted by Gasteiger charge is -2.11. The van der Waals surface area contributed by atoms with Gasteiger partial charge in [0.1, 0.15) is 0 Å². The lowest BCUT2D eigenvalue weighted by molar-refractivity contribution is 0.0953. The molecule has 0 bridgehead atoms. The van der Waals surface area contributed by atoms with Gasteiger partial charge in [-0.15, -0.1) is 11.3 Å². The van der Waals surface area contributed by atoms with Crippen LogP contribution in [0.2, 0.25) is 0 Å². The minimum atomic E-state index is -0.0585. The molecule has 0 radical (unpaired) electrons. The van der Waals surface area contributed by atoms with Gasteiger partial charge in [-0.2, -0.15) is 0 Å². The van der Waals surface area contributed by atoms with E-state index in [1.54, 1.807) is 24.5 Å². The fraction of sp³-hybridized carbons (Fsp3) is 0.333. The molecule has 25 heavy (non-hydrogen) atoms. The number of thiophene rings is 1. The highest BCUT2D eigenvalue weighted by atomic mass is 79.9. The third kappa shape index (κ3) is 6.88. The number of nitrogens with zero attached hydrogens (tertiary/aromatic N) is 1. The molecule has 2 aromatic rings. The Hall–Kier alpha value is -1.86. The molecule has 0 aliphatic heterocycles. The van der Waals surface area contributed by atoms with Crippen LogP contribution in [0.4, 0.5) is 0 Å². The molecule has 1 aromatic heterocycles. The maximum Gasteiger partial charge on any atom is 0.251 e. The summed E-state index contributed by atoms with van der Waals surface area (Å²) in [5.74, 6) is 0.709. The molecule has 0 aliphatic carbocycles. The smallest absolute Gasteiger partial charge is 0.251 e. The summed E-state index contributed by atoms with van der Waals surface area (Å²) in [5.41, 5.74) is 0.658. The average Bonchev–Trinajstić information content (AvgIpc) is 3.02. The Morgan fingerprint density at radius 1 is 1.16 bits per heavy atom. The Balaban J connectivity index is 1.63. The van der Waals surface area contributed by atoms with E-state index in [2.05, 4.69) is 55.9 Å². The maximum atomic E-state index is 12.0. The lowest BCUT2D eigenvalue weighted by atomic mass is 10.2. The number of guanidine groups is 1. The molecule has 3 N–H and O–H groups in total. The first-order valence-electron chi connectivity index (χ1n) is 8.12. The number of carbonyl (C=O) groups is 1. The van der Waals surface area contributed by atoms with Gasteiger partial charge in [-0.1, -0.05) is 22.0 Å². The normalized spacial score (nSPS) is 11.2. The second-order valence-electron chi connectivity index (χ2n) is 5.48. The molecule has 1 aromatic carbocycles. The Bertz CT molecular complexity index is 729. The van der Waals surface area contributed by atoms with Crippen LogP contribution >= 0.6 is 27.3 Å². The van der Waals surface area contributed by atoms with Gasteiger partial charge in [-0.25, -0.2) is 0 Å². The molecule has 0 unspecified atom stereocenters. The summed E-state index contributed by atoms with van der Waals surface area (Å²) in [4.78, 5) is 18.8. The SMILES string of the molecule is CN=C(NCCCNC(=O)c1cccc(Br)c1)NCc1ccc(C)s1. The number of carbonyl (C=O) groups excluding carboxylic acids is 1. The van der Waals surface area contributed by atoms with E-state index in [-0.39, 0.29) is 5.91 Å². The summed E-state index contributed by atoms with van der Waals surface area (Å²) < 4.78 is 0.901. The minimum absolute atomic E-state index is 0.0585. The monoisotopic (exact) mass is 422 g/mol. The van der Waals surface area contributed by atoms with Crippen LogP contribution in [0.5, 0.6) is 0 Å². The van der Waals surface area contributed by atoms with Gasteiger partial charge in [0.2, 0.25) is 0 Å². The number of rotatable bonds is 7. The average molecular weight is 423 g/mol. The molecule has 0 atom stereocenters. The van der Waals surface area contributed by atoms with Gasteiger partial charge in [-0.05, 0) is 43.7 Å². The van der Waals surface area contributed by atoms with Crippen LogP contribution in [-0.2, 0) is 6.54 Å². The number of amides is 1. The van der Waals surface area contributed by atoms with Gasteiger partial charge in [0, 0.05) is 39.9 Å². The van der Waals surface area contributed by atoms with E-state index < -0.39 is 0 Å². The first kappa shape index (κ1) is 19.5. The van der Waals surface area contributed by atoms with Crippen molar-refractivity contribution in [3.8, 4) is 0 Å². The third-order valence-electron chi connectivity index (χ3n) is 3.47.